The smallest absolute Gasteiger partial charge is 0.339 e. The summed E-state index contributed by atoms with van der Waals surface area (Å²) in [7, 11) is 2.81. The lowest BCUT2D eigenvalue weighted by molar-refractivity contribution is -0.113. The number of carbonyl (C=O) groups is 3. The maximum absolute atomic E-state index is 12.2. The number of hydrogen-bond acceptors (Lipinski definition) is 4. The lowest BCUT2D eigenvalue weighted by Gasteiger charge is -2.19. The van der Waals surface area contributed by atoms with Crippen molar-refractivity contribution in [3.63, 3.8) is 0 Å². The molecule has 0 saturated carbocycles. The molecule has 0 heterocycles. The number of amides is 2. The number of anilines is 1. The normalized spacial score (nSPS) is 10.0. The zero-order valence-corrected chi connectivity index (χ0v) is 17.9. The van der Waals surface area contributed by atoms with Crippen molar-refractivity contribution in [3.8, 4) is 5.75 Å². The van der Waals surface area contributed by atoms with E-state index in [4.69, 9.17) is 4.74 Å². The van der Waals surface area contributed by atoms with Gasteiger partial charge in [0.15, 0.2) is 0 Å². The molecule has 0 aliphatic heterocycles. The molecule has 1 aromatic rings. The molecule has 0 aromatic heterocycles. The number of methoxy groups -OCH3 is 1. The lowest BCUT2D eigenvalue weighted by atomic mass is 10.0. The Balaban J connectivity index is 3.84. The van der Waals surface area contributed by atoms with Crippen LogP contribution < -0.4 is 15.4 Å². The number of benzene rings is 1. The first-order valence-corrected chi connectivity index (χ1v) is 9.38. The fourth-order valence-electron chi connectivity index (χ4n) is 1.68. The highest BCUT2D eigenvalue weighted by Crippen LogP contribution is 2.39. The van der Waals surface area contributed by atoms with Crippen LogP contribution in [0.4, 0.5) is 5.69 Å². The van der Waals surface area contributed by atoms with Crippen molar-refractivity contribution < 1.29 is 24.2 Å². The van der Waals surface area contributed by atoms with E-state index in [1.165, 1.54) is 14.2 Å². The second-order valence-corrected chi connectivity index (χ2v) is 6.77. The number of carbonyl (C=O) groups excluding carboxylic acids is 2. The van der Waals surface area contributed by atoms with Crippen molar-refractivity contribution in [2.45, 2.75) is 0 Å². The van der Waals surface area contributed by atoms with Crippen LogP contribution in [0.5, 0.6) is 5.75 Å². The van der Waals surface area contributed by atoms with Crippen molar-refractivity contribution in [1.29, 1.82) is 0 Å². The van der Waals surface area contributed by atoms with Gasteiger partial charge in [-0.1, -0.05) is 22.6 Å². The van der Waals surface area contributed by atoms with Crippen molar-refractivity contribution >= 4 is 91.2 Å². The Kier molecular flexibility index (Phi) is 7.57. The van der Waals surface area contributed by atoms with Crippen LogP contribution in [0.1, 0.15) is 20.7 Å². The largest absolute Gasteiger partial charge is 0.494 e. The molecule has 0 aliphatic carbocycles. The minimum absolute atomic E-state index is 0.0249. The van der Waals surface area contributed by atoms with Gasteiger partial charge in [-0.05, 0) is 45.2 Å². The highest BCUT2D eigenvalue weighted by molar-refractivity contribution is 14.1. The average molecular weight is 644 g/mol. The summed E-state index contributed by atoms with van der Waals surface area (Å²) >= 11 is 5.57. The van der Waals surface area contributed by atoms with Crippen LogP contribution in [-0.4, -0.2) is 41.5 Å². The third-order valence-corrected chi connectivity index (χ3v) is 5.35. The van der Waals surface area contributed by atoms with Gasteiger partial charge in [0.05, 0.1) is 29.9 Å². The Labute approximate surface area is 167 Å². The quantitative estimate of drug-likeness (QED) is 0.338. The molecule has 0 radical (unpaired) electrons. The Hall–Kier alpha value is -0.380. The number of carboxylic acids is 1. The summed E-state index contributed by atoms with van der Waals surface area (Å²) in [6, 6.07) is 0. The first-order valence-electron chi connectivity index (χ1n) is 5.70. The van der Waals surface area contributed by atoms with E-state index < -0.39 is 17.8 Å². The second kappa shape index (κ2) is 8.47. The molecule has 3 N–H and O–H groups in total. The van der Waals surface area contributed by atoms with Crippen molar-refractivity contribution in [2.75, 3.05) is 23.9 Å². The zero-order valence-electron chi connectivity index (χ0n) is 11.4. The summed E-state index contributed by atoms with van der Waals surface area (Å²) < 4.78 is 6.09. The highest BCUT2D eigenvalue weighted by atomic mass is 127. The number of halogens is 3. The maximum atomic E-state index is 12.2. The molecule has 0 unspecified atom stereocenters. The Morgan fingerprint density at radius 1 is 1.18 bits per heavy atom. The highest BCUT2D eigenvalue weighted by Gasteiger charge is 2.30. The maximum Gasteiger partial charge on any atom is 0.339 e. The van der Waals surface area contributed by atoms with E-state index in [0.29, 0.717) is 7.14 Å². The van der Waals surface area contributed by atoms with Crippen LogP contribution in [0.25, 0.3) is 0 Å². The van der Waals surface area contributed by atoms with Gasteiger partial charge in [-0.15, -0.1) is 0 Å². The first kappa shape index (κ1) is 19.7. The Bertz CT molecular complexity index is 648. The molecule has 1 rings (SSSR count). The number of carboxylic acid groups (broad SMARTS) is 1. The average Bonchev–Trinajstić information content (AvgIpc) is 2.46. The number of aromatic carboxylic acids is 1. The number of alkyl halides is 1. The molecule has 22 heavy (non-hydrogen) atoms. The van der Waals surface area contributed by atoms with Crippen LogP contribution >= 0.6 is 67.8 Å². The van der Waals surface area contributed by atoms with Crippen LogP contribution in [0, 0.1) is 7.14 Å². The van der Waals surface area contributed by atoms with E-state index >= 15 is 0 Å². The fourth-order valence-corrected chi connectivity index (χ4v) is 4.39. The van der Waals surface area contributed by atoms with Crippen molar-refractivity contribution in [2.24, 2.45) is 0 Å². The molecule has 0 fully saturated rings. The number of nitrogens with one attached hydrogen (secondary N) is 2. The lowest BCUT2D eigenvalue weighted by Crippen LogP contribution is -2.26. The summed E-state index contributed by atoms with van der Waals surface area (Å²) in [5.41, 5.74) is -0.131. The van der Waals surface area contributed by atoms with Gasteiger partial charge >= 0.3 is 5.97 Å². The van der Waals surface area contributed by atoms with Crippen LogP contribution in [0.15, 0.2) is 0 Å². The Morgan fingerprint density at radius 3 is 2.14 bits per heavy atom. The molecule has 1 aromatic carbocycles. The molecule has 7 nitrogen and oxygen atoms in total. The number of hydrogen-bond donors (Lipinski definition) is 3. The molecule has 10 heteroatoms. The van der Waals surface area contributed by atoms with Gasteiger partial charge in [0.2, 0.25) is 5.91 Å². The summed E-state index contributed by atoms with van der Waals surface area (Å²) in [4.78, 5) is 35.5. The van der Waals surface area contributed by atoms with Crippen LogP contribution in [0.2, 0.25) is 0 Å². The molecule has 2 amide bonds. The van der Waals surface area contributed by atoms with Crippen molar-refractivity contribution in [3.05, 3.63) is 18.3 Å². The molecule has 0 bridgehead atoms. The van der Waals surface area contributed by atoms with Crippen molar-refractivity contribution in [1.82, 2.24) is 5.32 Å². The molecular formula is C12H11I3N2O5. The van der Waals surface area contributed by atoms with E-state index in [9.17, 15) is 19.5 Å². The SMILES string of the molecule is CNC(=O)c1c(I)c(OC)c(I)c(C(=O)O)c1NC(=O)CI. The summed E-state index contributed by atoms with van der Waals surface area (Å²) in [6.07, 6.45) is 0. The summed E-state index contributed by atoms with van der Waals surface area (Å²) in [6.45, 7) is 0. The van der Waals surface area contributed by atoms with E-state index in [1.807, 2.05) is 67.8 Å². The van der Waals surface area contributed by atoms with Gasteiger partial charge in [-0.2, -0.15) is 0 Å². The monoisotopic (exact) mass is 644 g/mol. The molecule has 0 atom stereocenters. The minimum atomic E-state index is -1.26. The fraction of sp³-hybridized carbons (Fsp3) is 0.250. The molecule has 120 valence electrons. The predicted octanol–water partition coefficient (Wildman–Crippen LogP) is 2.34. The van der Waals surface area contributed by atoms with E-state index in [0.717, 1.165) is 0 Å². The van der Waals surface area contributed by atoms with Gasteiger partial charge in [0.25, 0.3) is 5.91 Å². The molecule has 0 saturated heterocycles. The second-order valence-electron chi connectivity index (χ2n) is 3.85. The summed E-state index contributed by atoms with van der Waals surface area (Å²) in [5, 5.41) is 14.4. The third-order valence-electron chi connectivity index (χ3n) is 2.60. The standard InChI is InChI=1S/C12H11I3N2O5/c1-16-11(19)5-7(14)10(22-2)8(15)6(12(20)21)9(5)17-4(18)3-13/h3H2,1-2H3,(H,16,19)(H,17,18)(H,20,21). The van der Waals surface area contributed by atoms with Crippen LogP contribution in [-0.2, 0) is 4.79 Å². The predicted molar refractivity (Wildman–Crippen MR) is 106 cm³/mol. The van der Waals surface area contributed by atoms with E-state index in [-0.39, 0.29) is 27.0 Å². The topological polar surface area (TPSA) is 105 Å². The van der Waals surface area contributed by atoms with Gasteiger partial charge in [-0.25, -0.2) is 4.79 Å². The van der Waals surface area contributed by atoms with E-state index in [1.54, 1.807) is 0 Å². The minimum Gasteiger partial charge on any atom is -0.494 e. The van der Waals surface area contributed by atoms with Gasteiger partial charge < -0.3 is 20.5 Å². The Morgan fingerprint density at radius 2 is 1.73 bits per heavy atom. The van der Waals surface area contributed by atoms with Crippen LogP contribution in [0.3, 0.4) is 0 Å². The summed E-state index contributed by atoms with van der Waals surface area (Å²) in [5.74, 6) is -1.88. The molecule has 0 spiro atoms. The van der Waals surface area contributed by atoms with Gasteiger partial charge in [0, 0.05) is 7.05 Å². The zero-order chi connectivity index (χ0) is 17.0. The molecular weight excluding hydrogens is 633 g/mol. The number of rotatable bonds is 5. The molecule has 0 aliphatic rings. The van der Waals surface area contributed by atoms with E-state index in [2.05, 4.69) is 10.6 Å². The first-order chi connectivity index (χ1) is 10.3. The van der Waals surface area contributed by atoms with Gasteiger partial charge in [0.1, 0.15) is 11.3 Å². The van der Waals surface area contributed by atoms with Gasteiger partial charge in [-0.3, -0.25) is 9.59 Å². The third kappa shape index (κ3) is 3.93. The number of ether oxygens (including phenoxy) is 1.